The number of hydrogen-bond donors (Lipinski definition) is 3. The number of unbranched alkanes of at least 4 members (excludes halogenated alkanes) is 2. The van der Waals surface area contributed by atoms with Gasteiger partial charge in [0.15, 0.2) is 0 Å². The summed E-state index contributed by atoms with van der Waals surface area (Å²) in [5, 5.41) is 18.3. The van der Waals surface area contributed by atoms with Gasteiger partial charge < -0.3 is 15.9 Å². The quantitative estimate of drug-likeness (QED) is 0.623. The average molecular weight is 313 g/mol. The molecule has 0 saturated carbocycles. The molecule has 0 saturated heterocycles. The number of rotatable bonds is 9. The van der Waals surface area contributed by atoms with Crippen molar-refractivity contribution in [3.8, 4) is 11.1 Å². The van der Waals surface area contributed by atoms with Crippen LogP contribution in [0.2, 0.25) is 0 Å². The third-order valence-electron chi connectivity index (χ3n) is 4.33. The van der Waals surface area contributed by atoms with Crippen LogP contribution in [0.15, 0.2) is 54.6 Å². The van der Waals surface area contributed by atoms with Gasteiger partial charge in [-0.2, -0.15) is 0 Å². The molecular weight excluding hydrogens is 286 g/mol. The summed E-state index contributed by atoms with van der Waals surface area (Å²) < 4.78 is 0. The van der Waals surface area contributed by atoms with Gasteiger partial charge in [0.2, 0.25) is 0 Å². The third-order valence-corrected chi connectivity index (χ3v) is 4.33. The van der Waals surface area contributed by atoms with E-state index in [9.17, 15) is 0 Å². The first-order chi connectivity index (χ1) is 11.2. The second-order valence-electron chi connectivity index (χ2n) is 6.30. The molecule has 2 aromatic rings. The summed E-state index contributed by atoms with van der Waals surface area (Å²) in [7, 11) is 0. The van der Waals surface area contributed by atoms with Crippen LogP contribution >= 0.6 is 0 Å². The SMILES string of the molecule is NC(CO)(CO)CCCCCc1ccc(-c2ccccc2)cc1. The number of aryl methyl sites for hydroxylation is 1. The predicted octanol–water partition coefficient (Wildman–Crippen LogP) is 3.14. The van der Waals surface area contributed by atoms with Gasteiger partial charge >= 0.3 is 0 Å². The van der Waals surface area contributed by atoms with Crippen LogP contribution in [0.3, 0.4) is 0 Å². The summed E-state index contributed by atoms with van der Waals surface area (Å²) in [6.45, 7) is -0.325. The first kappa shape index (κ1) is 17.7. The lowest BCUT2D eigenvalue weighted by molar-refractivity contribution is 0.112. The fraction of sp³-hybridized carbons (Fsp3) is 0.400. The zero-order valence-electron chi connectivity index (χ0n) is 13.6. The molecule has 4 N–H and O–H groups in total. The summed E-state index contributed by atoms with van der Waals surface area (Å²) in [4.78, 5) is 0. The molecule has 0 amide bonds. The van der Waals surface area contributed by atoms with Crippen molar-refractivity contribution < 1.29 is 10.2 Å². The smallest absolute Gasteiger partial charge is 0.0633 e. The molecule has 2 rings (SSSR count). The second kappa shape index (κ2) is 8.82. The summed E-state index contributed by atoms with van der Waals surface area (Å²) >= 11 is 0. The number of nitrogens with two attached hydrogens (primary N) is 1. The molecule has 0 aliphatic rings. The Hall–Kier alpha value is -1.68. The summed E-state index contributed by atoms with van der Waals surface area (Å²) in [5.74, 6) is 0. The van der Waals surface area contributed by atoms with Gasteiger partial charge in [0, 0.05) is 0 Å². The van der Waals surface area contributed by atoms with Crippen molar-refractivity contribution in [2.45, 2.75) is 37.6 Å². The Labute approximate surface area is 138 Å². The van der Waals surface area contributed by atoms with Crippen LogP contribution in [-0.4, -0.2) is 29.0 Å². The highest BCUT2D eigenvalue weighted by atomic mass is 16.3. The van der Waals surface area contributed by atoms with Crippen molar-refractivity contribution in [3.63, 3.8) is 0 Å². The fourth-order valence-electron chi connectivity index (χ4n) is 2.69. The topological polar surface area (TPSA) is 66.5 Å². The van der Waals surface area contributed by atoms with Crippen LogP contribution in [0, 0.1) is 0 Å². The average Bonchev–Trinajstić information content (AvgIpc) is 2.62. The van der Waals surface area contributed by atoms with Gasteiger partial charge in [-0.15, -0.1) is 0 Å². The molecule has 0 spiro atoms. The highest BCUT2D eigenvalue weighted by molar-refractivity contribution is 5.63. The first-order valence-corrected chi connectivity index (χ1v) is 8.32. The molecule has 0 heterocycles. The lowest BCUT2D eigenvalue weighted by Crippen LogP contribution is -2.47. The highest BCUT2D eigenvalue weighted by Gasteiger charge is 2.21. The molecule has 0 bridgehead atoms. The van der Waals surface area contributed by atoms with E-state index in [0.29, 0.717) is 6.42 Å². The fourth-order valence-corrected chi connectivity index (χ4v) is 2.69. The van der Waals surface area contributed by atoms with Crippen LogP contribution in [0.4, 0.5) is 0 Å². The van der Waals surface area contributed by atoms with Gasteiger partial charge in [0.25, 0.3) is 0 Å². The van der Waals surface area contributed by atoms with Crippen LogP contribution in [0.5, 0.6) is 0 Å². The van der Waals surface area contributed by atoms with Gasteiger partial charge in [0.1, 0.15) is 0 Å². The number of benzene rings is 2. The predicted molar refractivity (Wildman–Crippen MR) is 95.1 cm³/mol. The number of hydrogen-bond acceptors (Lipinski definition) is 3. The van der Waals surface area contributed by atoms with E-state index in [1.165, 1.54) is 16.7 Å². The van der Waals surface area contributed by atoms with Crippen molar-refractivity contribution in [2.24, 2.45) is 5.73 Å². The third kappa shape index (κ3) is 5.47. The van der Waals surface area contributed by atoms with Crippen molar-refractivity contribution in [1.82, 2.24) is 0 Å². The Balaban J connectivity index is 1.75. The molecule has 0 atom stereocenters. The maximum Gasteiger partial charge on any atom is 0.0633 e. The summed E-state index contributed by atoms with van der Waals surface area (Å²) in [5.41, 5.74) is 8.87. The van der Waals surface area contributed by atoms with Crippen LogP contribution in [0.25, 0.3) is 11.1 Å². The Morgan fingerprint density at radius 1 is 0.739 bits per heavy atom. The van der Waals surface area contributed by atoms with Gasteiger partial charge in [-0.05, 0) is 36.0 Å². The van der Waals surface area contributed by atoms with E-state index in [0.717, 1.165) is 25.7 Å². The minimum atomic E-state index is -0.822. The second-order valence-corrected chi connectivity index (χ2v) is 6.30. The van der Waals surface area contributed by atoms with E-state index in [4.69, 9.17) is 15.9 Å². The number of aliphatic hydroxyl groups excluding tert-OH is 2. The molecule has 0 aromatic heterocycles. The largest absolute Gasteiger partial charge is 0.394 e. The number of aliphatic hydroxyl groups is 2. The molecule has 2 aromatic carbocycles. The zero-order chi connectivity index (χ0) is 16.5. The van der Waals surface area contributed by atoms with Gasteiger partial charge in [-0.1, -0.05) is 67.4 Å². The summed E-state index contributed by atoms with van der Waals surface area (Å²) in [6.07, 6.45) is 4.79. The first-order valence-electron chi connectivity index (χ1n) is 8.32. The molecular formula is C20H27NO2. The standard InChI is InChI=1S/C20H27NO2/c21-20(15-22,16-23)14-6-2-3-7-17-10-12-19(13-11-17)18-8-4-1-5-9-18/h1,4-5,8-13,22-23H,2-3,6-7,14-16,21H2. The maximum absolute atomic E-state index is 9.15. The van der Waals surface area contributed by atoms with Crippen LogP contribution in [0.1, 0.15) is 31.2 Å². The maximum atomic E-state index is 9.15. The normalized spacial score (nSPS) is 11.6. The molecule has 0 fully saturated rings. The summed E-state index contributed by atoms with van der Waals surface area (Å²) in [6, 6.07) is 19.1. The molecule has 0 aliphatic carbocycles. The molecule has 0 unspecified atom stereocenters. The minimum absolute atomic E-state index is 0.162. The molecule has 124 valence electrons. The monoisotopic (exact) mass is 313 g/mol. The Morgan fingerprint density at radius 2 is 1.35 bits per heavy atom. The van der Waals surface area contributed by atoms with Gasteiger partial charge in [0.05, 0.1) is 18.8 Å². The highest BCUT2D eigenvalue weighted by Crippen LogP contribution is 2.20. The molecule has 3 nitrogen and oxygen atoms in total. The Bertz CT molecular complexity index is 562. The minimum Gasteiger partial charge on any atom is -0.394 e. The van der Waals surface area contributed by atoms with E-state index in [-0.39, 0.29) is 13.2 Å². The lowest BCUT2D eigenvalue weighted by atomic mass is 9.94. The van der Waals surface area contributed by atoms with E-state index in [2.05, 4.69) is 48.5 Å². The van der Waals surface area contributed by atoms with Gasteiger partial charge in [-0.3, -0.25) is 0 Å². The van der Waals surface area contributed by atoms with Crippen LogP contribution < -0.4 is 5.73 Å². The zero-order valence-corrected chi connectivity index (χ0v) is 13.6. The van der Waals surface area contributed by atoms with E-state index < -0.39 is 5.54 Å². The van der Waals surface area contributed by atoms with E-state index >= 15 is 0 Å². The van der Waals surface area contributed by atoms with Crippen molar-refractivity contribution in [1.29, 1.82) is 0 Å². The van der Waals surface area contributed by atoms with E-state index in [1.807, 2.05) is 6.07 Å². The Morgan fingerprint density at radius 3 is 1.96 bits per heavy atom. The molecule has 3 heteroatoms. The molecule has 0 aliphatic heterocycles. The van der Waals surface area contributed by atoms with Crippen molar-refractivity contribution in [3.05, 3.63) is 60.2 Å². The van der Waals surface area contributed by atoms with Crippen molar-refractivity contribution >= 4 is 0 Å². The van der Waals surface area contributed by atoms with Gasteiger partial charge in [-0.25, -0.2) is 0 Å². The van der Waals surface area contributed by atoms with E-state index in [1.54, 1.807) is 0 Å². The Kier molecular flexibility index (Phi) is 6.78. The molecule has 23 heavy (non-hydrogen) atoms. The van der Waals surface area contributed by atoms with Crippen molar-refractivity contribution in [2.75, 3.05) is 13.2 Å². The van der Waals surface area contributed by atoms with Crippen LogP contribution in [-0.2, 0) is 6.42 Å². The molecule has 0 radical (unpaired) electrons. The lowest BCUT2D eigenvalue weighted by Gasteiger charge is -2.24.